The van der Waals surface area contributed by atoms with E-state index in [1.807, 2.05) is 53.8 Å². The molecule has 2 amide bonds. The van der Waals surface area contributed by atoms with Gasteiger partial charge in [0.05, 0.1) is 0 Å². The van der Waals surface area contributed by atoms with Gasteiger partial charge in [0, 0.05) is 12.3 Å². The van der Waals surface area contributed by atoms with Gasteiger partial charge in [-0.05, 0) is 42.5 Å². The molecule has 2 aromatic rings. The van der Waals surface area contributed by atoms with E-state index in [9.17, 15) is 27.6 Å². The van der Waals surface area contributed by atoms with Crippen molar-refractivity contribution in [3.63, 3.8) is 0 Å². The smallest absolute Gasteiger partial charge is 0.410 e. The van der Waals surface area contributed by atoms with E-state index in [4.69, 9.17) is 9.84 Å². The summed E-state index contributed by atoms with van der Waals surface area (Å²) >= 11 is 0. The van der Waals surface area contributed by atoms with Crippen molar-refractivity contribution in [2.45, 2.75) is 50.4 Å². The largest absolute Gasteiger partial charge is 0.481 e. The number of aliphatic carboxylic acids is 1. The van der Waals surface area contributed by atoms with Crippen LogP contribution in [0.3, 0.4) is 0 Å². The van der Waals surface area contributed by atoms with Crippen molar-refractivity contribution in [3.8, 4) is 11.1 Å². The molecule has 1 unspecified atom stereocenters. The van der Waals surface area contributed by atoms with Crippen LogP contribution < -0.4 is 10.6 Å². The van der Waals surface area contributed by atoms with Crippen LogP contribution >= 0.6 is 0 Å². The molecule has 0 aliphatic heterocycles. The van der Waals surface area contributed by atoms with Crippen LogP contribution in [-0.2, 0) is 14.3 Å². The summed E-state index contributed by atoms with van der Waals surface area (Å²) in [6, 6.07) is 13.8. The number of carboxylic acids is 1. The minimum Gasteiger partial charge on any atom is -0.481 e. The van der Waals surface area contributed by atoms with Crippen LogP contribution in [0.25, 0.3) is 11.1 Å². The zero-order valence-corrected chi connectivity index (χ0v) is 18.6. The number of amides is 2. The summed E-state index contributed by atoms with van der Waals surface area (Å²) in [6.07, 6.45) is -6.71. The van der Waals surface area contributed by atoms with Crippen molar-refractivity contribution < 1.29 is 37.4 Å². The van der Waals surface area contributed by atoms with E-state index in [1.54, 1.807) is 0 Å². The first kappa shape index (κ1) is 25.1. The van der Waals surface area contributed by atoms with Gasteiger partial charge in [0.1, 0.15) is 18.2 Å². The van der Waals surface area contributed by atoms with E-state index in [-0.39, 0.29) is 12.5 Å². The van der Waals surface area contributed by atoms with Crippen LogP contribution in [0, 0.1) is 0 Å². The molecule has 3 rings (SSSR count). The third kappa shape index (κ3) is 5.49. The molecule has 0 saturated carbocycles. The van der Waals surface area contributed by atoms with E-state index in [2.05, 4.69) is 5.32 Å². The minimum atomic E-state index is -4.75. The number of rotatable bonds is 8. The summed E-state index contributed by atoms with van der Waals surface area (Å²) in [4.78, 5) is 35.9. The Kier molecular flexibility index (Phi) is 7.18. The second kappa shape index (κ2) is 9.74. The van der Waals surface area contributed by atoms with Gasteiger partial charge in [-0.1, -0.05) is 48.5 Å². The van der Waals surface area contributed by atoms with Crippen molar-refractivity contribution in [1.82, 2.24) is 10.6 Å². The topological polar surface area (TPSA) is 105 Å². The van der Waals surface area contributed by atoms with E-state index < -0.39 is 48.6 Å². The Bertz CT molecular complexity index is 1040. The quantitative estimate of drug-likeness (QED) is 0.527. The van der Waals surface area contributed by atoms with Gasteiger partial charge in [-0.3, -0.25) is 9.59 Å². The number of nitrogens with one attached hydrogen (secondary N) is 2. The SMILES string of the molecule is CC(C)(NC(=O)C(CCC(=O)O)NC(=O)OCC1c2ccccc2-c2ccccc21)C(F)(F)F. The number of hydrogen-bond acceptors (Lipinski definition) is 4. The molecule has 0 bridgehead atoms. The lowest BCUT2D eigenvalue weighted by Crippen LogP contribution is -2.59. The van der Waals surface area contributed by atoms with Gasteiger partial charge in [-0.2, -0.15) is 13.2 Å². The Labute approximate surface area is 194 Å². The predicted octanol–water partition coefficient (Wildman–Crippen LogP) is 4.22. The number of carboxylic acid groups (broad SMARTS) is 1. The summed E-state index contributed by atoms with van der Waals surface area (Å²) in [5.74, 6) is -2.67. The summed E-state index contributed by atoms with van der Waals surface area (Å²) in [7, 11) is 0. The number of carbonyl (C=O) groups is 3. The van der Waals surface area contributed by atoms with Crippen LogP contribution in [0.1, 0.15) is 43.7 Å². The molecule has 34 heavy (non-hydrogen) atoms. The number of ether oxygens (including phenoxy) is 1. The molecule has 182 valence electrons. The molecule has 2 aromatic carbocycles. The molecular weight excluding hydrogens is 453 g/mol. The second-order valence-electron chi connectivity index (χ2n) is 8.57. The van der Waals surface area contributed by atoms with E-state index in [0.29, 0.717) is 0 Å². The lowest BCUT2D eigenvalue weighted by molar-refractivity contribution is -0.188. The molecule has 0 radical (unpaired) electrons. The number of halogens is 3. The number of carbonyl (C=O) groups excluding carboxylic acids is 2. The van der Waals surface area contributed by atoms with Gasteiger partial charge in [0.15, 0.2) is 0 Å². The molecule has 1 atom stereocenters. The highest BCUT2D eigenvalue weighted by atomic mass is 19.4. The van der Waals surface area contributed by atoms with E-state index in [1.165, 1.54) is 0 Å². The van der Waals surface area contributed by atoms with E-state index >= 15 is 0 Å². The third-order valence-electron chi connectivity index (χ3n) is 5.74. The minimum absolute atomic E-state index is 0.0683. The number of fused-ring (bicyclic) bond motifs is 3. The molecular formula is C24H25F3N2O5. The summed E-state index contributed by atoms with van der Waals surface area (Å²) in [5.41, 5.74) is 1.38. The van der Waals surface area contributed by atoms with Crippen LogP contribution in [0.4, 0.5) is 18.0 Å². The van der Waals surface area contributed by atoms with Crippen LogP contribution in [0.2, 0.25) is 0 Å². The molecule has 3 N–H and O–H groups in total. The average molecular weight is 478 g/mol. The maximum absolute atomic E-state index is 13.1. The van der Waals surface area contributed by atoms with Crippen LogP contribution in [-0.4, -0.2) is 47.4 Å². The normalized spacial score (nSPS) is 14.0. The molecule has 7 nitrogen and oxygen atoms in total. The zero-order chi connectivity index (χ0) is 25.1. The highest BCUT2D eigenvalue weighted by Gasteiger charge is 2.49. The highest BCUT2D eigenvalue weighted by Crippen LogP contribution is 2.44. The monoisotopic (exact) mass is 478 g/mol. The average Bonchev–Trinajstić information content (AvgIpc) is 3.07. The number of alkyl halides is 3. The van der Waals surface area contributed by atoms with Gasteiger partial charge in [-0.15, -0.1) is 0 Å². The number of benzene rings is 2. The van der Waals surface area contributed by atoms with Gasteiger partial charge in [0.2, 0.25) is 5.91 Å². The molecule has 0 fully saturated rings. The fourth-order valence-electron chi connectivity index (χ4n) is 3.78. The first-order valence-electron chi connectivity index (χ1n) is 10.6. The lowest BCUT2D eigenvalue weighted by atomic mass is 9.98. The maximum atomic E-state index is 13.1. The molecule has 0 spiro atoms. The first-order valence-corrected chi connectivity index (χ1v) is 10.6. The van der Waals surface area contributed by atoms with Crippen molar-refractivity contribution in [2.75, 3.05) is 6.61 Å². The fourth-order valence-corrected chi connectivity index (χ4v) is 3.78. The Morgan fingerprint density at radius 1 is 1.00 bits per heavy atom. The van der Waals surface area contributed by atoms with Crippen molar-refractivity contribution in [2.24, 2.45) is 0 Å². The molecule has 10 heteroatoms. The van der Waals surface area contributed by atoms with Crippen LogP contribution in [0.15, 0.2) is 48.5 Å². The zero-order valence-electron chi connectivity index (χ0n) is 18.6. The van der Waals surface area contributed by atoms with E-state index in [0.717, 1.165) is 36.1 Å². The molecule has 0 aromatic heterocycles. The van der Waals surface area contributed by atoms with Gasteiger partial charge >= 0.3 is 18.2 Å². The predicted molar refractivity (Wildman–Crippen MR) is 117 cm³/mol. The van der Waals surface area contributed by atoms with Crippen molar-refractivity contribution in [1.29, 1.82) is 0 Å². The van der Waals surface area contributed by atoms with Crippen molar-refractivity contribution >= 4 is 18.0 Å². The second-order valence-corrected chi connectivity index (χ2v) is 8.57. The molecule has 1 aliphatic rings. The van der Waals surface area contributed by atoms with Gasteiger partial charge in [-0.25, -0.2) is 4.79 Å². The highest BCUT2D eigenvalue weighted by molar-refractivity contribution is 5.87. The summed E-state index contributed by atoms with van der Waals surface area (Å²) < 4.78 is 44.8. The van der Waals surface area contributed by atoms with Gasteiger partial charge < -0.3 is 20.5 Å². The molecule has 0 saturated heterocycles. The fraction of sp³-hybridized carbons (Fsp3) is 0.375. The summed E-state index contributed by atoms with van der Waals surface area (Å²) in [5, 5.41) is 13.0. The molecule has 1 aliphatic carbocycles. The first-order chi connectivity index (χ1) is 15.9. The Morgan fingerprint density at radius 2 is 1.53 bits per heavy atom. The summed E-state index contributed by atoms with van der Waals surface area (Å²) in [6.45, 7) is 1.47. The van der Waals surface area contributed by atoms with Crippen molar-refractivity contribution in [3.05, 3.63) is 59.7 Å². The standard InChI is InChI=1S/C24H25F3N2O5/c1-23(2,24(25,26)27)29-21(32)19(11-12-20(30)31)28-22(33)34-13-18-16-9-5-3-7-14(16)15-8-4-6-10-17(15)18/h3-10,18-19H,11-13H2,1-2H3,(H,28,33)(H,29,32)(H,30,31). The Morgan fingerprint density at radius 3 is 2.03 bits per heavy atom. The Hall–Kier alpha value is -3.56. The number of alkyl carbamates (subject to hydrolysis) is 1. The maximum Gasteiger partial charge on any atom is 0.410 e. The number of hydrogen-bond donors (Lipinski definition) is 3. The Balaban J connectivity index is 1.69. The lowest BCUT2D eigenvalue weighted by Gasteiger charge is -2.30. The molecule has 0 heterocycles. The van der Waals surface area contributed by atoms with Crippen LogP contribution in [0.5, 0.6) is 0 Å². The van der Waals surface area contributed by atoms with Gasteiger partial charge in [0.25, 0.3) is 0 Å². The third-order valence-corrected chi connectivity index (χ3v) is 5.74.